The van der Waals surface area contributed by atoms with Crippen molar-refractivity contribution in [2.45, 2.75) is 39.5 Å². The van der Waals surface area contributed by atoms with Crippen LogP contribution >= 0.6 is 0 Å². The molecule has 27 heavy (non-hydrogen) atoms. The van der Waals surface area contributed by atoms with Crippen LogP contribution in [0.5, 0.6) is 0 Å². The van der Waals surface area contributed by atoms with E-state index in [2.05, 4.69) is 11.6 Å². The minimum absolute atomic E-state index is 0.0340. The number of carbonyl (C=O) groups is 2. The van der Waals surface area contributed by atoms with Gasteiger partial charge in [-0.1, -0.05) is 38.6 Å². The molecule has 1 aliphatic heterocycles. The maximum Gasteiger partial charge on any atom is 0.315 e. The molecule has 2 atom stereocenters. The van der Waals surface area contributed by atoms with Crippen molar-refractivity contribution in [3.05, 3.63) is 59.6 Å². The van der Waals surface area contributed by atoms with E-state index in [1.54, 1.807) is 19.1 Å². The van der Waals surface area contributed by atoms with Crippen LogP contribution in [-0.2, 0) is 14.3 Å². The van der Waals surface area contributed by atoms with Gasteiger partial charge in [-0.15, -0.1) is 0 Å². The van der Waals surface area contributed by atoms with Crippen molar-refractivity contribution < 1.29 is 18.7 Å². The maximum absolute atomic E-state index is 13.9. The van der Waals surface area contributed by atoms with Crippen molar-refractivity contribution in [1.82, 2.24) is 0 Å². The van der Waals surface area contributed by atoms with Crippen LogP contribution in [0.4, 0.5) is 4.39 Å². The van der Waals surface area contributed by atoms with Gasteiger partial charge in [-0.2, -0.15) is 0 Å². The lowest BCUT2D eigenvalue weighted by atomic mass is 9.67. The second-order valence-corrected chi connectivity index (χ2v) is 7.98. The Morgan fingerprint density at radius 2 is 2.15 bits per heavy atom. The zero-order valence-corrected chi connectivity index (χ0v) is 15.9. The van der Waals surface area contributed by atoms with Gasteiger partial charge < -0.3 is 4.74 Å². The molecule has 2 aliphatic rings. The number of ether oxygens (including phenoxy) is 1. The molecule has 0 bridgehead atoms. The Hall–Kier alpha value is -2.56. The summed E-state index contributed by atoms with van der Waals surface area (Å²) in [6, 6.07) is 6.07. The average Bonchev–Trinajstić information content (AvgIpc) is 2.57. The van der Waals surface area contributed by atoms with Crippen molar-refractivity contribution in [2.24, 2.45) is 16.3 Å². The van der Waals surface area contributed by atoms with Gasteiger partial charge in [0, 0.05) is 29.3 Å². The Labute approximate surface area is 158 Å². The summed E-state index contributed by atoms with van der Waals surface area (Å²) in [5, 5.41) is 0. The van der Waals surface area contributed by atoms with E-state index in [4.69, 9.17) is 4.74 Å². The topological polar surface area (TPSA) is 55.7 Å². The van der Waals surface area contributed by atoms with E-state index in [9.17, 15) is 14.0 Å². The fourth-order valence-corrected chi connectivity index (χ4v) is 4.04. The number of nitrogens with zero attached hydrogens (tertiary/aromatic N) is 1. The Bertz CT molecular complexity index is 866. The van der Waals surface area contributed by atoms with Crippen molar-refractivity contribution in [2.75, 3.05) is 6.61 Å². The molecule has 0 N–H and O–H groups in total. The first-order chi connectivity index (χ1) is 12.7. The molecule has 1 aromatic rings. The van der Waals surface area contributed by atoms with E-state index in [1.807, 2.05) is 13.8 Å². The minimum atomic E-state index is -0.754. The molecule has 0 spiro atoms. The summed E-state index contributed by atoms with van der Waals surface area (Å²) in [6.07, 6.45) is 2.51. The van der Waals surface area contributed by atoms with Gasteiger partial charge in [0.1, 0.15) is 18.3 Å². The molecule has 3 rings (SSSR count). The number of benzene rings is 1. The van der Waals surface area contributed by atoms with Gasteiger partial charge in [0.05, 0.1) is 0 Å². The first-order valence-electron chi connectivity index (χ1n) is 9.08. The van der Waals surface area contributed by atoms with Crippen LogP contribution in [0.25, 0.3) is 0 Å². The van der Waals surface area contributed by atoms with E-state index in [-0.39, 0.29) is 17.8 Å². The van der Waals surface area contributed by atoms with Crippen molar-refractivity contribution in [3.8, 4) is 0 Å². The number of hydrogen-bond acceptors (Lipinski definition) is 4. The molecule has 1 aliphatic carbocycles. The summed E-state index contributed by atoms with van der Waals surface area (Å²) in [5.41, 5.74) is 2.21. The second-order valence-electron chi connectivity index (χ2n) is 7.98. The quantitative estimate of drug-likeness (QED) is 0.585. The summed E-state index contributed by atoms with van der Waals surface area (Å²) in [6.45, 7) is 9.46. The number of halogens is 1. The fraction of sp³-hybridized carbons (Fsp3) is 0.409. The van der Waals surface area contributed by atoms with E-state index in [0.717, 1.165) is 0 Å². The maximum atomic E-state index is 13.9. The smallest absolute Gasteiger partial charge is 0.315 e. The predicted octanol–water partition coefficient (Wildman–Crippen LogP) is 4.37. The van der Waals surface area contributed by atoms with Gasteiger partial charge in [0.2, 0.25) is 0 Å². The molecule has 142 valence electrons. The highest BCUT2D eigenvalue weighted by Crippen LogP contribution is 2.47. The molecule has 0 saturated carbocycles. The molecule has 1 heterocycles. The monoisotopic (exact) mass is 369 g/mol. The largest absolute Gasteiger partial charge is 0.461 e. The molecule has 1 aromatic carbocycles. The van der Waals surface area contributed by atoms with Gasteiger partial charge in [-0.25, -0.2) is 4.39 Å². The van der Waals surface area contributed by atoms with Crippen LogP contribution < -0.4 is 0 Å². The SMILES string of the molecule is C=CCOC(=O)C1C(C)=NC2=C(C(=O)CC(C)(C)C2)[C@H]1c1cccc(F)c1. The summed E-state index contributed by atoms with van der Waals surface area (Å²) >= 11 is 0. The Balaban J connectivity index is 2.15. The summed E-state index contributed by atoms with van der Waals surface area (Å²) in [7, 11) is 0. The molecule has 0 radical (unpaired) electrons. The number of Topliss-reactive ketones (excluding diaryl/α,β-unsaturated/α-hetero) is 1. The van der Waals surface area contributed by atoms with Gasteiger partial charge in [-0.05, 0) is 36.5 Å². The fourth-order valence-electron chi connectivity index (χ4n) is 4.04. The first kappa shape index (κ1) is 19.2. The summed E-state index contributed by atoms with van der Waals surface area (Å²) in [4.78, 5) is 30.4. The zero-order chi connectivity index (χ0) is 19.8. The summed E-state index contributed by atoms with van der Waals surface area (Å²) < 4.78 is 19.2. The molecule has 1 unspecified atom stereocenters. The van der Waals surface area contributed by atoms with Gasteiger partial charge in [-0.3, -0.25) is 14.6 Å². The molecule has 0 amide bonds. The van der Waals surface area contributed by atoms with E-state index >= 15 is 0 Å². The van der Waals surface area contributed by atoms with Crippen LogP contribution in [0.2, 0.25) is 0 Å². The number of esters is 1. The van der Waals surface area contributed by atoms with E-state index in [0.29, 0.717) is 35.4 Å². The third-order valence-electron chi connectivity index (χ3n) is 5.11. The van der Waals surface area contributed by atoms with Crippen molar-refractivity contribution >= 4 is 17.5 Å². The van der Waals surface area contributed by atoms with Crippen LogP contribution in [0.15, 0.2) is 53.2 Å². The highest BCUT2D eigenvalue weighted by molar-refractivity contribution is 6.09. The standard InChI is InChI=1S/C22H24FNO3/c1-5-9-27-21(26)18-13(2)24-16-11-22(3,4)12-17(25)20(16)19(18)14-7-6-8-15(23)10-14/h5-8,10,18-19H,1,9,11-12H2,2-4H3/t18?,19-/m0/s1. The summed E-state index contributed by atoms with van der Waals surface area (Å²) in [5.74, 6) is -2.26. The number of rotatable bonds is 4. The average molecular weight is 369 g/mol. The minimum Gasteiger partial charge on any atom is -0.461 e. The Morgan fingerprint density at radius 3 is 2.81 bits per heavy atom. The third-order valence-corrected chi connectivity index (χ3v) is 5.11. The van der Waals surface area contributed by atoms with Crippen LogP contribution in [0.3, 0.4) is 0 Å². The normalized spacial score (nSPS) is 24.1. The highest BCUT2D eigenvalue weighted by Gasteiger charge is 2.46. The predicted molar refractivity (Wildman–Crippen MR) is 102 cm³/mol. The molecular formula is C22H24FNO3. The van der Waals surface area contributed by atoms with Crippen LogP contribution in [-0.4, -0.2) is 24.1 Å². The van der Waals surface area contributed by atoms with Gasteiger partial charge in [0.25, 0.3) is 0 Å². The van der Waals surface area contributed by atoms with E-state index in [1.165, 1.54) is 18.2 Å². The lowest BCUT2D eigenvalue weighted by Gasteiger charge is -2.39. The lowest BCUT2D eigenvalue weighted by Crippen LogP contribution is -2.39. The molecule has 4 nitrogen and oxygen atoms in total. The van der Waals surface area contributed by atoms with Gasteiger partial charge >= 0.3 is 5.97 Å². The number of carbonyl (C=O) groups excluding carboxylic acids is 2. The van der Waals surface area contributed by atoms with Gasteiger partial charge in [0.15, 0.2) is 5.78 Å². The number of allylic oxidation sites excluding steroid dienone is 2. The second kappa shape index (κ2) is 7.22. The van der Waals surface area contributed by atoms with Crippen molar-refractivity contribution in [3.63, 3.8) is 0 Å². The lowest BCUT2D eigenvalue weighted by molar-refractivity contribution is -0.145. The Morgan fingerprint density at radius 1 is 1.41 bits per heavy atom. The number of hydrogen-bond donors (Lipinski definition) is 0. The van der Waals surface area contributed by atoms with Crippen LogP contribution in [0.1, 0.15) is 45.1 Å². The third kappa shape index (κ3) is 3.77. The zero-order valence-electron chi connectivity index (χ0n) is 15.9. The number of aliphatic imine (C=N–C) groups is 1. The Kier molecular flexibility index (Phi) is 5.13. The van der Waals surface area contributed by atoms with E-state index < -0.39 is 23.6 Å². The molecule has 5 heteroatoms. The number of ketones is 1. The van der Waals surface area contributed by atoms with Crippen molar-refractivity contribution in [1.29, 1.82) is 0 Å². The molecular weight excluding hydrogens is 345 g/mol. The van der Waals surface area contributed by atoms with Crippen LogP contribution in [0, 0.1) is 17.2 Å². The molecule has 0 fully saturated rings. The molecule has 0 aromatic heterocycles. The molecule has 0 saturated heterocycles. The highest BCUT2D eigenvalue weighted by atomic mass is 19.1. The first-order valence-corrected chi connectivity index (χ1v) is 9.08.